The van der Waals surface area contributed by atoms with Crippen molar-refractivity contribution in [1.82, 2.24) is 0 Å². The smallest absolute Gasteiger partial charge is 0.220 e. The van der Waals surface area contributed by atoms with Crippen LogP contribution in [0.2, 0.25) is 0 Å². The molecular formula is C10H13FN2O3. The lowest BCUT2D eigenvalue weighted by Crippen LogP contribution is -2.26. The van der Waals surface area contributed by atoms with E-state index in [1.807, 2.05) is 0 Å². The second-order valence-electron chi connectivity index (χ2n) is 3.43. The Morgan fingerprint density at radius 2 is 2.06 bits per heavy atom. The Morgan fingerprint density at radius 1 is 1.44 bits per heavy atom. The van der Waals surface area contributed by atoms with Crippen molar-refractivity contribution >= 4 is 11.6 Å². The lowest BCUT2D eigenvalue weighted by Gasteiger charge is -2.18. The normalized spacial score (nSPS) is 14.4. The third kappa shape index (κ3) is 2.68. The number of hydrogen-bond donors (Lipinski definition) is 4. The Morgan fingerprint density at radius 3 is 2.56 bits per heavy atom. The van der Waals surface area contributed by atoms with Crippen LogP contribution in [0.1, 0.15) is 18.1 Å². The fourth-order valence-electron chi connectivity index (χ4n) is 1.38. The van der Waals surface area contributed by atoms with Crippen LogP contribution in [0.3, 0.4) is 0 Å². The molecule has 1 amide bonds. The first kappa shape index (κ1) is 12.4. The second kappa shape index (κ2) is 4.91. The molecule has 1 aromatic rings. The van der Waals surface area contributed by atoms with E-state index in [4.69, 9.17) is 11.5 Å². The van der Waals surface area contributed by atoms with Gasteiger partial charge in [-0.05, 0) is 12.1 Å². The number of anilines is 1. The molecule has 0 aliphatic rings. The Kier molecular flexibility index (Phi) is 3.81. The summed E-state index contributed by atoms with van der Waals surface area (Å²) in [5, 5.41) is 19.0. The van der Waals surface area contributed by atoms with Crippen LogP contribution in [0.25, 0.3) is 0 Å². The van der Waals surface area contributed by atoms with Gasteiger partial charge >= 0.3 is 0 Å². The molecular weight excluding hydrogens is 215 g/mol. The predicted molar refractivity (Wildman–Crippen MR) is 55.6 cm³/mol. The third-order valence-electron chi connectivity index (χ3n) is 2.16. The monoisotopic (exact) mass is 228 g/mol. The van der Waals surface area contributed by atoms with Gasteiger partial charge in [-0.25, -0.2) is 4.39 Å². The van der Waals surface area contributed by atoms with Crippen molar-refractivity contribution in [2.45, 2.75) is 18.6 Å². The Balaban J connectivity index is 2.95. The van der Waals surface area contributed by atoms with Crippen molar-refractivity contribution in [3.8, 4) is 0 Å². The van der Waals surface area contributed by atoms with Crippen LogP contribution >= 0.6 is 0 Å². The summed E-state index contributed by atoms with van der Waals surface area (Å²) >= 11 is 0. The summed E-state index contributed by atoms with van der Waals surface area (Å²) in [6.45, 7) is 0. The number of nitrogen functional groups attached to an aromatic ring is 1. The minimum absolute atomic E-state index is 0.0102. The first-order chi connectivity index (χ1) is 7.43. The summed E-state index contributed by atoms with van der Waals surface area (Å²) in [5.41, 5.74) is 10.1. The number of carbonyl (C=O) groups excluding carboxylic acids is 1. The van der Waals surface area contributed by atoms with Crippen LogP contribution in [-0.2, 0) is 4.79 Å². The fraction of sp³-hybridized carbons (Fsp3) is 0.300. The van der Waals surface area contributed by atoms with Crippen molar-refractivity contribution in [1.29, 1.82) is 0 Å². The van der Waals surface area contributed by atoms with Crippen LogP contribution in [-0.4, -0.2) is 22.2 Å². The number of amides is 1. The molecule has 0 heterocycles. The van der Waals surface area contributed by atoms with Gasteiger partial charge in [0, 0.05) is 11.3 Å². The molecule has 0 radical (unpaired) electrons. The SMILES string of the molecule is NC(=O)CC(O)C(O)c1c(N)cccc1F. The Hall–Kier alpha value is -1.66. The first-order valence-electron chi connectivity index (χ1n) is 4.61. The zero-order chi connectivity index (χ0) is 12.3. The molecule has 2 atom stereocenters. The van der Waals surface area contributed by atoms with Crippen molar-refractivity contribution in [2.75, 3.05) is 5.73 Å². The average Bonchev–Trinajstić information content (AvgIpc) is 2.16. The van der Waals surface area contributed by atoms with E-state index in [1.165, 1.54) is 12.1 Å². The van der Waals surface area contributed by atoms with E-state index in [2.05, 4.69) is 0 Å². The molecule has 5 nitrogen and oxygen atoms in total. The molecule has 0 bridgehead atoms. The molecule has 0 aromatic heterocycles. The lowest BCUT2D eigenvalue weighted by molar-refractivity contribution is -0.121. The van der Waals surface area contributed by atoms with E-state index in [9.17, 15) is 19.4 Å². The highest BCUT2D eigenvalue weighted by molar-refractivity contribution is 5.74. The number of halogens is 1. The van der Waals surface area contributed by atoms with Gasteiger partial charge in [-0.15, -0.1) is 0 Å². The summed E-state index contributed by atoms with van der Waals surface area (Å²) in [7, 11) is 0. The molecule has 2 unspecified atom stereocenters. The summed E-state index contributed by atoms with van der Waals surface area (Å²) < 4.78 is 13.3. The largest absolute Gasteiger partial charge is 0.398 e. The highest BCUT2D eigenvalue weighted by Crippen LogP contribution is 2.26. The number of rotatable bonds is 4. The molecule has 0 aliphatic heterocycles. The van der Waals surface area contributed by atoms with Crippen LogP contribution in [0.4, 0.5) is 10.1 Å². The molecule has 88 valence electrons. The van der Waals surface area contributed by atoms with Gasteiger partial charge in [-0.2, -0.15) is 0 Å². The first-order valence-corrected chi connectivity index (χ1v) is 4.61. The van der Waals surface area contributed by atoms with Gasteiger partial charge in [0.15, 0.2) is 0 Å². The van der Waals surface area contributed by atoms with Crippen LogP contribution < -0.4 is 11.5 Å². The van der Waals surface area contributed by atoms with Gasteiger partial charge in [0.05, 0.1) is 12.5 Å². The van der Waals surface area contributed by atoms with Gasteiger partial charge < -0.3 is 21.7 Å². The maximum Gasteiger partial charge on any atom is 0.220 e. The molecule has 0 saturated heterocycles. The van der Waals surface area contributed by atoms with E-state index in [0.717, 1.165) is 6.07 Å². The van der Waals surface area contributed by atoms with Crippen LogP contribution in [0, 0.1) is 5.82 Å². The Labute approximate surface area is 91.5 Å². The number of aliphatic hydroxyl groups is 2. The summed E-state index contributed by atoms with van der Waals surface area (Å²) in [6, 6.07) is 3.87. The molecule has 0 saturated carbocycles. The maximum absolute atomic E-state index is 13.3. The van der Waals surface area contributed by atoms with Crippen molar-refractivity contribution < 1.29 is 19.4 Å². The molecule has 1 aromatic carbocycles. The van der Waals surface area contributed by atoms with E-state index in [-0.39, 0.29) is 11.3 Å². The topological polar surface area (TPSA) is 110 Å². The summed E-state index contributed by atoms with van der Waals surface area (Å²) in [5.74, 6) is -1.53. The third-order valence-corrected chi connectivity index (χ3v) is 2.16. The van der Waals surface area contributed by atoms with Gasteiger partial charge in [0.1, 0.15) is 11.9 Å². The fourth-order valence-corrected chi connectivity index (χ4v) is 1.38. The zero-order valence-electron chi connectivity index (χ0n) is 8.43. The minimum atomic E-state index is -1.58. The van der Waals surface area contributed by atoms with Gasteiger partial charge in [0.25, 0.3) is 0 Å². The summed E-state index contributed by atoms with van der Waals surface area (Å²) in [4.78, 5) is 10.5. The van der Waals surface area contributed by atoms with Gasteiger partial charge in [-0.3, -0.25) is 4.79 Å². The maximum atomic E-state index is 13.3. The van der Waals surface area contributed by atoms with Crippen LogP contribution in [0.5, 0.6) is 0 Å². The second-order valence-corrected chi connectivity index (χ2v) is 3.43. The number of hydrogen-bond acceptors (Lipinski definition) is 4. The average molecular weight is 228 g/mol. The number of primary amides is 1. The highest BCUT2D eigenvalue weighted by atomic mass is 19.1. The zero-order valence-corrected chi connectivity index (χ0v) is 8.43. The number of nitrogens with two attached hydrogens (primary N) is 2. The van der Waals surface area contributed by atoms with E-state index >= 15 is 0 Å². The van der Waals surface area contributed by atoms with Crippen LogP contribution in [0.15, 0.2) is 18.2 Å². The van der Waals surface area contributed by atoms with E-state index < -0.39 is 30.4 Å². The number of aliphatic hydroxyl groups excluding tert-OH is 2. The molecule has 6 heteroatoms. The molecule has 0 aliphatic carbocycles. The molecule has 1 rings (SSSR count). The van der Waals surface area contributed by atoms with Crippen molar-refractivity contribution in [3.05, 3.63) is 29.6 Å². The molecule has 16 heavy (non-hydrogen) atoms. The van der Waals surface area contributed by atoms with E-state index in [0.29, 0.717) is 0 Å². The quantitative estimate of drug-likeness (QED) is 0.529. The predicted octanol–water partition coefficient (Wildman–Crippen LogP) is -0.322. The minimum Gasteiger partial charge on any atom is -0.398 e. The van der Waals surface area contributed by atoms with Gasteiger partial charge in [0.2, 0.25) is 5.91 Å². The van der Waals surface area contributed by atoms with Crippen molar-refractivity contribution in [3.63, 3.8) is 0 Å². The van der Waals surface area contributed by atoms with Crippen molar-refractivity contribution in [2.24, 2.45) is 5.73 Å². The van der Waals surface area contributed by atoms with Gasteiger partial charge in [-0.1, -0.05) is 6.07 Å². The molecule has 6 N–H and O–H groups in total. The summed E-state index contributed by atoms with van der Waals surface area (Å²) in [6.07, 6.45) is -3.51. The highest BCUT2D eigenvalue weighted by Gasteiger charge is 2.24. The number of benzene rings is 1. The standard InChI is InChI=1S/C10H13FN2O3/c11-5-2-1-3-6(12)9(5)10(16)7(14)4-8(13)15/h1-3,7,10,14,16H,4,12H2,(H2,13,15). The Bertz CT molecular complexity index is 377. The lowest BCUT2D eigenvalue weighted by atomic mass is 10.00. The van der Waals surface area contributed by atoms with E-state index in [1.54, 1.807) is 0 Å². The molecule has 0 spiro atoms. The molecule has 0 fully saturated rings. The number of carbonyl (C=O) groups is 1.